The second-order valence-electron chi connectivity index (χ2n) is 6.56. The van der Waals surface area contributed by atoms with Crippen LogP contribution in [-0.2, 0) is 4.79 Å². The van der Waals surface area contributed by atoms with Crippen LogP contribution in [0.15, 0.2) is 29.8 Å². The molecule has 2 rings (SSSR count). The van der Waals surface area contributed by atoms with Crippen LogP contribution >= 0.6 is 0 Å². The number of amides is 3. The van der Waals surface area contributed by atoms with E-state index in [0.29, 0.717) is 12.1 Å². The Morgan fingerprint density at radius 3 is 2.77 bits per heavy atom. The molecule has 0 saturated heterocycles. The minimum atomic E-state index is -0.649. The van der Waals surface area contributed by atoms with Crippen LogP contribution in [0.3, 0.4) is 0 Å². The van der Waals surface area contributed by atoms with E-state index in [9.17, 15) is 18.4 Å². The van der Waals surface area contributed by atoms with Crippen molar-refractivity contribution in [2.24, 2.45) is 0 Å². The van der Waals surface area contributed by atoms with Gasteiger partial charge in [-0.25, -0.2) is 13.6 Å². The third kappa shape index (κ3) is 6.55. The maximum absolute atomic E-state index is 13.7. The van der Waals surface area contributed by atoms with Crippen molar-refractivity contribution in [1.82, 2.24) is 10.6 Å². The highest BCUT2D eigenvalue weighted by molar-refractivity contribution is 5.94. The monoisotopic (exact) mass is 366 g/mol. The number of nitrogens with two attached hydrogens (primary N) is 1. The lowest BCUT2D eigenvalue weighted by Crippen LogP contribution is -2.87. The molecule has 5 nitrogen and oxygen atoms in total. The third-order valence-corrected chi connectivity index (χ3v) is 4.48. The zero-order valence-electron chi connectivity index (χ0n) is 15.0. The average molecular weight is 366 g/mol. The first-order valence-electron chi connectivity index (χ1n) is 8.99. The number of nitrogens with one attached hydrogen (secondary N) is 2. The first-order valence-corrected chi connectivity index (χ1v) is 8.99. The van der Waals surface area contributed by atoms with Crippen molar-refractivity contribution < 1.29 is 23.7 Å². The van der Waals surface area contributed by atoms with Gasteiger partial charge in [-0.15, -0.1) is 0 Å². The maximum Gasteiger partial charge on any atom is 0.321 e. The molecular weight excluding hydrogens is 340 g/mol. The van der Waals surface area contributed by atoms with Gasteiger partial charge in [0, 0.05) is 18.2 Å². The van der Waals surface area contributed by atoms with E-state index < -0.39 is 23.6 Å². The molecule has 0 radical (unpaired) electrons. The molecule has 1 atom stereocenters. The number of imide groups is 1. The number of benzene rings is 1. The van der Waals surface area contributed by atoms with Crippen molar-refractivity contribution in [3.8, 4) is 0 Å². The average Bonchev–Trinajstić information content (AvgIpc) is 2.60. The smallest absolute Gasteiger partial charge is 0.321 e. The molecule has 0 unspecified atom stereocenters. The molecule has 1 aliphatic rings. The van der Waals surface area contributed by atoms with Crippen LogP contribution in [0.5, 0.6) is 0 Å². The summed E-state index contributed by atoms with van der Waals surface area (Å²) in [4.78, 5) is 23.5. The zero-order chi connectivity index (χ0) is 18.9. The van der Waals surface area contributed by atoms with Gasteiger partial charge in [-0.2, -0.15) is 0 Å². The third-order valence-electron chi connectivity index (χ3n) is 4.48. The normalized spacial score (nSPS) is 15.1. The van der Waals surface area contributed by atoms with Crippen LogP contribution in [0, 0.1) is 11.6 Å². The quantitative estimate of drug-likeness (QED) is 0.648. The molecule has 142 valence electrons. The van der Waals surface area contributed by atoms with Crippen LogP contribution in [-0.4, -0.2) is 25.0 Å². The Balaban J connectivity index is 1.67. The summed E-state index contributed by atoms with van der Waals surface area (Å²) in [5.74, 6) is -1.76. The van der Waals surface area contributed by atoms with E-state index in [4.69, 9.17) is 0 Å². The van der Waals surface area contributed by atoms with Gasteiger partial charge in [0.2, 0.25) is 0 Å². The highest BCUT2D eigenvalue weighted by Gasteiger charge is 2.17. The van der Waals surface area contributed by atoms with E-state index in [0.717, 1.165) is 25.3 Å². The van der Waals surface area contributed by atoms with Gasteiger partial charge in [-0.05, 0) is 51.2 Å². The van der Waals surface area contributed by atoms with E-state index in [-0.39, 0.29) is 12.6 Å². The highest BCUT2D eigenvalue weighted by Crippen LogP contribution is 2.19. The van der Waals surface area contributed by atoms with E-state index in [1.165, 1.54) is 30.5 Å². The topological polar surface area (TPSA) is 74.8 Å². The van der Waals surface area contributed by atoms with Crippen LogP contribution in [0.2, 0.25) is 0 Å². The number of quaternary nitrogens is 1. The first kappa shape index (κ1) is 20.0. The van der Waals surface area contributed by atoms with Crippen LogP contribution in [0.25, 0.3) is 0 Å². The van der Waals surface area contributed by atoms with E-state index in [2.05, 4.69) is 16.7 Å². The number of allylic oxidation sites excluding steroid dienone is 1. The van der Waals surface area contributed by atoms with Gasteiger partial charge in [-0.3, -0.25) is 10.1 Å². The van der Waals surface area contributed by atoms with Crippen molar-refractivity contribution in [3.63, 3.8) is 0 Å². The molecule has 4 N–H and O–H groups in total. The van der Waals surface area contributed by atoms with Gasteiger partial charge >= 0.3 is 6.03 Å². The Labute approximate surface area is 152 Å². The van der Waals surface area contributed by atoms with Gasteiger partial charge in [-0.1, -0.05) is 11.6 Å². The summed E-state index contributed by atoms with van der Waals surface area (Å²) in [7, 11) is 0. The Morgan fingerprint density at radius 1 is 1.27 bits per heavy atom. The molecule has 3 amide bonds. The van der Waals surface area contributed by atoms with Crippen molar-refractivity contribution in [2.75, 3.05) is 13.1 Å². The lowest BCUT2D eigenvalue weighted by Gasteiger charge is -2.13. The van der Waals surface area contributed by atoms with E-state index in [1.54, 1.807) is 12.2 Å². The van der Waals surface area contributed by atoms with Gasteiger partial charge in [0.25, 0.3) is 5.91 Å². The lowest BCUT2D eigenvalue weighted by molar-refractivity contribution is -0.682. The minimum absolute atomic E-state index is 0.0312. The number of rotatable bonds is 7. The Bertz CT molecular complexity index is 677. The molecule has 0 heterocycles. The van der Waals surface area contributed by atoms with E-state index in [1.807, 2.05) is 0 Å². The lowest BCUT2D eigenvalue weighted by atomic mass is 9.97. The predicted molar refractivity (Wildman–Crippen MR) is 94.3 cm³/mol. The summed E-state index contributed by atoms with van der Waals surface area (Å²) >= 11 is 0. The molecule has 1 aliphatic carbocycles. The molecule has 0 fully saturated rings. The molecule has 1 aromatic rings. The van der Waals surface area contributed by atoms with E-state index >= 15 is 0 Å². The van der Waals surface area contributed by atoms with Crippen molar-refractivity contribution in [1.29, 1.82) is 0 Å². The molecular formula is C19H26F2N3O2+. The highest BCUT2D eigenvalue weighted by atomic mass is 19.1. The molecule has 0 aromatic heterocycles. The SMILES string of the molecule is C[C@H]([NH2+]CC(=O)NC(=O)NCCC1=CCCCC1)c1ccc(F)cc1F. The fourth-order valence-corrected chi connectivity index (χ4v) is 2.97. The predicted octanol–water partition coefficient (Wildman–Crippen LogP) is 2.31. The number of carbonyl (C=O) groups is 2. The fraction of sp³-hybridized carbons (Fsp3) is 0.474. The number of halogens is 2. The van der Waals surface area contributed by atoms with Crippen LogP contribution in [0.4, 0.5) is 13.6 Å². The second-order valence-corrected chi connectivity index (χ2v) is 6.56. The number of hydrogen-bond acceptors (Lipinski definition) is 2. The largest absolute Gasteiger partial charge is 0.337 e. The van der Waals surface area contributed by atoms with Crippen molar-refractivity contribution in [2.45, 2.75) is 45.1 Å². The summed E-state index contributed by atoms with van der Waals surface area (Å²) in [6.07, 6.45) is 7.62. The maximum atomic E-state index is 13.7. The Morgan fingerprint density at radius 2 is 2.08 bits per heavy atom. The summed E-state index contributed by atoms with van der Waals surface area (Å²) in [6, 6.07) is 2.45. The molecule has 1 aromatic carbocycles. The minimum Gasteiger partial charge on any atom is -0.337 e. The molecule has 0 bridgehead atoms. The summed E-state index contributed by atoms with van der Waals surface area (Å²) in [6.45, 7) is 2.17. The summed E-state index contributed by atoms with van der Waals surface area (Å²) in [5, 5.41) is 6.51. The zero-order valence-corrected chi connectivity index (χ0v) is 15.0. The van der Waals surface area contributed by atoms with Gasteiger partial charge < -0.3 is 10.6 Å². The molecule has 0 saturated carbocycles. The second kappa shape index (κ2) is 10.0. The Hall–Kier alpha value is -2.28. The molecule has 7 heteroatoms. The number of carbonyl (C=O) groups excluding carboxylic acids is 2. The Kier molecular flexibility index (Phi) is 7.72. The van der Waals surface area contributed by atoms with Gasteiger partial charge in [0.1, 0.15) is 17.7 Å². The van der Waals surface area contributed by atoms with Gasteiger partial charge in [0.15, 0.2) is 6.54 Å². The standard InChI is InChI=1S/C19H25F2N3O2/c1-13(16-8-7-15(20)11-17(16)21)23-12-18(25)24-19(26)22-10-9-14-5-3-2-4-6-14/h5,7-8,11,13,23H,2-4,6,9-10,12H2,1H3,(H2,22,24,25,26)/p+1/t13-/m0/s1. The van der Waals surface area contributed by atoms with Crippen LogP contribution in [0.1, 0.15) is 50.6 Å². The summed E-state index contributed by atoms with van der Waals surface area (Å²) in [5.41, 5.74) is 1.66. The fourth-order valence-electron chi connectivity index (χ4n) is 2.97. The first-order chi connectivity index (χ1) is 12.5. The van der Waals surface area contributed by atoms with Crippen LogP contribution < -0.4 is 16.0 Å². The van der Waals surface area contributed by atoms with Crippen molar-refractivity contribution in [3.05, 3.63) is 47.0 Å². The summed E-state index contributed by atoms with van der Waals surface area (Å²) < 4.78 is 26.6. The van der Waals surface area contributed by atoms with Gasteiger partial charge in [0.05, 0.1) is 0 Å². The van der Waals surface area contributed by atoms with Crippen molar-refractivity contribution >= 4 is 11.9 Å². The molecule has 0 spiro atoms. The number of hydrogen-bond donors (Lipinski definition) is 3. The molecule has 0 aliphatic heterocycles. The number of urea groups is 1. The molecule has 26 heavy (non-hydrogen) atoms.